The molecule has 1 aromatic heterocycles. The first-order valence-electron chi connectivity index (χ1n) is 6.76. The summed E-state index contributed by atoms with van der Waals surface area (Å²) in [5.41, 5.74) is 7.67. The van der Waals surface area contributed by atoms with Crippen LogP contribution < -0.4 is 11.1 Å². The Morgan fingerprint density at radius 2 is 2.09 bits per heavy atom. The molecule has 0 saturated carbocycles. The average Bonchev–Trinajstić information content (AvgIpc) is 2.91. The van der Waals surface area contributed by atoms with Crippen LogP contribution in [-0.2, 0) is 16.0 Å². The van der Waals surface area contributed by atoms with E-state index in [9.17, 15) is 4.79 Å². The average molecular weight is 342 g/mol. The Morgan fingerprint density at radius 1 is 1.41 bits per heavy atom. The van der Waals surface area contributed by atoms with Crippen LogP contribution in [0.1, 0.15) is 11.8 Å². The van der Waals surface area contributed by atoms with Crippen LogP contribution in [-0.4, -0.2) is 30.6 Å². The number of carbonyl (C=O) groups excluding carboxylic acids is 1. The summed E-state index contributed by atoms with van der Waals surface area (Å²) >= 11 is 1.48. The van der Waals surface area contributed by atoms with Gasteiger partial charge in [0.05, 0.1) is 12.3 Å². The molecular formula is C15H20ClN3O2S. The monoisotopic (exact) mass is 341 g/mol. The van der Waals surface area contributed by atoms with Crippen molar-refractivity contribution in [2.75, 3.05) is 19.0 Å². The number of hydrogen-bond donors (Lipinski definition) is 2. The minimum Gasteiger partial charge on any atom is -0.383 e. The van der Waals surface area contributed by atoms with Gasteiger partial charge in [0.25, 0.3) is 0 Å². The summed E-state index contributed by atoms with van der Waals surface area (Å²) in [6.45, 7) is 2.26. The van der Waals surface area contributed by atoms with Crippen LogP contribution in [0.15, 0.2) is 30.3 Å². The largest absolute Gasteiger partial charge is 0.383 e. The summed E-state index contributed by atoms with van der Waals surface area (Å²) in [7, 11) is 1.51. The first kappa shape index (κ1) is 18.6. The summed E-state index contributed by atoms with van der Waals surface area (Å²) in [6, 6.07) is 9.24. The number of amides is 1. The Hall–Kier alpha value is -1.47. The zero-order valence-corrected chi connectivity index (χ0v) is 14.2. The number of nitrogens with two attached hydrogens (primary N) is 1. The lowest BCUT2D eigenvalue weighted by Gasteiger charge is -2.08. The third-order valence-corrected chi connectivity index (χ3v) is 4.09. The Kier molecular flexibility index (Phi) is 7.47. The number of carbonyl (C=O) groups is 1. The number of nitrogens with zero attached hydrogens (tertiary/aromatic N) is 1. The van der Waals surface area contributed by atoms with Gasteiger partial charge in [-0.05, 0) is 6.42 Å². The second kappa shape index (κ2) is 8.85. The maximum absolute atomic E-state index is 11.9. The van der Waals surface area contributed by atoms with Gasteiger partial charge in [0.1, 0.15) is 6.04 Å². The number of anilines is 1. The number of benzene rings is 1. The molecule has 0 aliphatic carbocycles. The molecule has 7 heteroatoms. The molecule has 0 fully saturated rings. The fourth-order valence-corrected chi connectivity index (χ4v) is 2.85. The van der Waals surface area contributed by atoms with Crippen LogP contribution >= 0.6 is 23.7 Å². The van der Waals surface area contributed by atoms with E-state index >= 15 is 0 Å². The molecule has 0 saturated heterocycles. The van der Waals surface area contributed by atoms with Crippen molar-refractivity contribution in [2.24, 2.45) is 5.73 Å². The van der Waals surface area contributed by atoms with Crippen LogP contribution in [0.4, 0.5) is 5.13 Å². The van der Waals surface area contributed by atoms with Gasteiger partial charge in [-0.1, -0.05) is 37.3 Å². The molecule has 5 nitrogen and oxygen atoms in total. The van der Waals surface area contributed by atoms with Crippen molar-refractivity contribution in [1.82, 2.24) is 4.98 Å². The van der Waals surface area contributed by atoms with Gasteiger partial charge in [0, 0.05) is 17.6 Å². The van der Waals surface area contributed by atoms with Crippen molar-refractivity contribution in [3.8, 4) is 11.3 Å². The van der Waals surface area contributed by atoms with Gasteiger partial charge < -0.3 is 15.8 Å². The van der Waals surface area contributed by atoms with Crippen molar-refractivity contribution in [1.29, 1.82) is 0 Å². The highest BCUT2D eigenvalue weighted by Gasteiger charge is 2.17. The van der Waals surface area contributed by atoms with E-state index in [2.05, 4.69) is 17.2 Å². The minimum atomic E-state index is -0.691. The second-order valence-corrected chi connectivity index (χ2v) is 5.65. The summed E-state index contributed by atoms with van der Waals surface area (Å²) in [4.78, 5) is 17.6. The Morgan fingerprint density at radius 3 is 2.68 bits per heavy atom. The zero-order chi connectivity index (χ0) is 15.2. The predicted molar refractivity (Wildman–Crippen MR) is 92.7 cm³/mol. The highest BCUT2D eigenvalue weighted by atomic mass is 35.5. The van der Waals surface area contributed by atoms with Crippen LogP contribution in [0.3, 0.4) is 0 Å². The van der Waals surface area contributed by atoms with Crippen molar-refractivity contribution in [2.45, 2.75) is 19.4 Å². The minimum absolute atomic E-state index is 0. The van der Waals surface area contributed by atoms with E-state index in [0.717, 1.165) is 22.6 Å². The lowest BCUT2D eigenvalue weighted by atomic mass is 10.1. The molecule has 1 unspecified atom stereocenters. The number of halogens is 1. The van der Waals surface area contributed by atoms with E-state index in [1.165, 1.54) is 18.4 Å². The Bertz CT molecular complexity index is 604. The summed E-state index contributed by atoms with van der Waals surface area (Å²) in [5.74, 6) is -0.284. The van der Waals surface area contributed by atoms with Crippen LogP contribution in [0, 0.1) is 0 Å². The standard InChI is InChI=1S/C15H19N3O2S.ClH/c1-3-12-13(10-7-5-4-6-8-10)17-15(21-12)18-14(19)11(16)9-20-2;/h4-8,11H,3,9,16H2,1-2H3,(H,17,18,19);1H. The van der Waals surface area contributed by atoms with Gasteiger partial charge in [-0.3, -0.25) is 4.79 Å². The first-order chi connectivity index (χ1) is 10.2. The molecule has 0 radical (unpaired) electrons. The van der Waals surface area contributed by atoms with Gasteiger partial charge in [-0.2, -0.15) is 0 Å². The molecule has 2 rings (SSSR count). The van der Waals surface area contributed by atoms with E-state index in [0.29, 0.717) is 5.13 Å². The highest BCUT2D eigenvalue weighted by molar-refractivity contribution is 7.16. The topological polar surface area (TPSA) is 77.2 Å². The maximum atomic E-state index is 11.9. The number of aromatic nitrogens is 1. The number of thiazole rings is 1. The zero-order valence-electron chi connectivity index (χ0n) is 12.5. The number of rotatable bonds is 6. The van der Waals surface area contributed by atoms with Crippen LogP contribution in [0.2, 0.25) is 0 Å². The van der Waals surface area contributed by atoms with E-state index < -0.39 is 6.04 Å². The molecule has 1 heterocycles. The highest BCUT2D eigenvalue weighted by Crippen LogP contribution is 2.31. The van der Waals surface area contributed by atoms with Gasteiger partial charge >= 0.3 is 0 Å². The number of aryl methyl sites for hydroxylation is 1. The van der Waals surface area contributed by atoms with Gasteiger partial charge in [-0.25, -0.2) is 4.98 Å². The smallest absolute Gasteiger partial charge is 0.245 e. The molecule has 1 amide bonds. The number of methoxy groups -OCH3 is 1. The van der Waals surface area contributed by atoms with Crippen molar-refractivity contribution < 1.29 is 9.53 Å². The molecule has 0 aliphatic rings. The van der Waals surface area contributed by atoms with Crippen molar-refractivity contribution >= 4 is 34.8 Å². The Labute approximate surface area is 140 Å². The number of hydrogen-bond acceptors (Lipinski definition) is 5. The normalized spacial score (nSPS) is 11.6. The van der Waals surface area contributed by atoms with E-state index in [1.807, 2.05) is 30.3 Å². The molecule has 22 heavy (non-hydrogen) atoms. The Balaban J connectivity index is 0.00000242. The fourth-order valence-electron chi connectivity index (χ4n) is 1.92. The van der Waals surface area contributed by atoms with E-state index in [1.54, 1.807) is 0 Å². The third-order valence-electron chi connectivity index (χ3n) is 2.98. The van der Waals surface area contributed by atoms with Crippen molar-refractivity contribution in [3.63, 3.8) is 0 Å². The molecule has 0 aliphatic heterocycles. The van der Waals surface area contributed by atoms with Crippen LogP contribution in [0.25, 0.3) is 11.3 Å². The second-order valence-electron chi connectivity index (χ2n) is 4.56. The maximum Gasteiger partial charge on any atom is 0.245 e. The van der Waals surface area contributed by atoms with Crippen LogP contribution in [0.5, 0.6) is 0 Å². The number of nitrogens with one attached hydrogen (secondary N) is 1. The summed E-state index contributed by atoms with van der Waals surface area (Å²) in [6.07, 6.45) is 0.863. The molecule has 2 aromatic rings. The molecule has 1 aromatic carbocycles. The molecule has 0 spiro atoms. The third kappa shape index (κ3) is 4.51. The molecule has 3 N–H and O–H groups in total. The molecular weight excluding hydrogens is 322 g/mol. The first-order valence-corrected chi connectivity index (χ1v) is 7.57. The molecule has 1 atom stereocenters. The number of ether oxygens (including phenoxy) is 1. The fraction of sp³-hybridized carbons (Fsp3) is 0.333. The predicted octanol–water partition coefficient (Wildman–Crippen LogP) is 2.71. The lowest BCUT2D eigenvalue weighted by Crippen LogP contribution is -2.39. The van der Waals surface area contributed by atoms with Gasteiger partial charge in [-0.15, -0.1) is 23.7 Å². The summed E-state index contributed by atoms with van der Waals surface area (Å²) < 4.78 is 4.88. The van der Waals surface area contributed by atoms with Gasteiger partial charge in [0.15, 0.2) is 5.13 Å². The van der Waals surface area contributed by atoms with E-state index in [4.69, 9.17) is 10.5 Å². The van der Waals surface area contributed by atoms with Crippen molar-refractivity contribution in [3.05, 3.63) is 35.2 Å². The quantitative estimate of drug-likeness (QED) is 0.846. The van der Waals surface area contributed by atoms with Gasteiger partial charge in [0.2, 0.25) is 5.91 Å². The molecule has 120 valence electrons. The van der Waals surface area contributed by atoms with E-state index in [-0.39, 0.29) is 24.9 Å². The lowest BCUT2D eigenvalue weighted by molar-refractivity contribution is -0.118. The molecule has 0 bridgehead atoms. The summed E-state index contributed by atoms with van der Waals surface area (Å²) in [5, 5.41) is 3.33. The SMILES string of the molecule is CCc1sc(NC(=O)C(N)COC)nc1-c1ccccc1.Cl.